The minimum Gasteiger partial charge on any atom is -0.504 e. The summed E-state index contributed by atoms with van der Waals surface area (Å²) in [7, 11) is 0. The Hall–Kier alpha value is -3.33. The molecule has 0 unspecified atom stereocenters. The minimum absolute atomic E-state index is 0.00719. The van der Waals surface area contributed by atoms with Crippen LogP contribution >= 0.6 is 34.7 Å². The molecule has 170 valence electrons. The summed E-state index contributed by atoms with van der Waals surface area (Å²) in [6.07, 6.45) is 0. The van der Waals surface area contributed by atoms with E-state index >= 15 is 0 Å². The zero-order valence-corrected chi connectivity index (χ0v) is 20.0. The molecular formula is C25H17ClN2O4S2. The fourth-order valence-corrected chi connectivity index (χ4v) is 5.78. The second kappa shape index (κ2) is 9.13. The van der Waals surface area contributed by atoms with Crippen LogP contribution < -0.4 is 5.56 Å². The van der Waals surface area contributed by atoms with Crippen LogP contribution in [0.5, 0.6) is 11.5 Å². The maximum Gasteiger partial charge on any atom is 0.272 e. The number of aromatic hydroxyl groups is 2. The molecule has 3 aromatic carbocycles. The number of Topliss-reactive ketones (excluding diaryl/α,β-unsaturated/α-hetero) is 1. The maximum atomic E-state index is 13.6. The Morgan fingerprint density at radius 2 is 1.79 bits per heavy atom. The molecule has 0 saturated heterocycles. The monoisotopic (exact) mass is 508 g/mol. The first-order chi connectivity index (χ1) is 16.4. The fourth-order valence-electron chi connectivity index (χ4n) is 3.61. The third kappa shape index (κ3) is 4.16. The van der Waals surface area contributed by atoms with Crippen LogP contribution in [0.2, 0.25) is 5.02 Å². The van der Waals surface area contributed by atoms with Crippen molar-refractivity contribution in [2.45, 2.75) is 11.7 Å². The van der Waals surface area contributed by atoms with Crippen LogP contribution in [0, 0.1) is 0 Å². The number of hydrogen-bond donors (Lipinski definition) is 2. The van der Waals surface area contributed by atoms with E-state index < -0.39 is 0 Å². The van der Waals surface area contributed by atoms with Gasteiger partial charge in [-0.25, -0.2) is 4.98 Å². The van der Waals surface area contributed by atoms with Gasteiger partial charge in [0.2, 0.25) is 0 Å². The summed E-state index contributed by atoms with van der Waals surface area (Å²) >= 11 is 8.90. The average molecular weight is 509 g/mol. The number of nitrogens with zero attached hydrogens (tertiary/aromatic N) is 2. The van der Waals surface area contributed by atoms with Crippen molar-refractivity contribution in [3.05, 3.63) is 93.2 Å². The highest BCUT2D eigenvalue weighted by molar-refractivity contribution is 7.99. The number of thiophene rings is 1. The number of phenolic OH excluding ortho intramolecular Hbond substituents is 2. The average Bonchev–Trinajstić information content (AvgIpc) is 3.21. The summed E-state index contributed by atoms with van der Waals surface area (Å²) < 4.78 is 3.06. The molecule has 5 aromatic rings. The SMILES string of the molecule is O=C(CSc1nc2c(sc3ccccc32)c(=O)n1Cc1ccccc1Cl)c1ccc(O)c(O)c1. The van der Waals surface area contributed by atoms with Crippen LogP contribution in [0.25, 0.3) is 20.3 Å². The molecule has 0 fully saturated rings. The molecule has 6 nitrogen and oxygen atoms in total. The lowest BCUT2D eigenvalue weighted by Crippen LogP contribution is -2.23. The van der Waals surface area contributed by atoms with E-state index in [1.54, 1.807) is 10.6 Å². The molecule has 0 aliphatic rings. The number of carbonyl (C=O) groups excluding carboxylic acids is 1. The van der Waals surface area contributed by atoms with Gasteiger partial charge in [0.25, 0.3) is 5.56 Å². The van der Waals surface area contributed by atoms with Crippen molar-refractivity contribution < 1.29 is 15.0 Å². The standard InChI is InChI=1S/C25H17ClN2O4S2/c26-17-7-3-1-5-15(17)12-28-24(32)23-22(16-6-2-4-8-21(16)34-23)27-25(28)33-13-20(31)14-9-10-18(29)19(30)11-14/h1-11,29-30H,12-13H2. The van der Waals surface area contributed by atoms with Gasteiger partial charge in [0.05, 0.1) is 17.8 Å². The second-order valence-electron chi connectivity index (χ2n) is 7.57. The lowest BCUT2D eigenvalue weighted by molar-refractivity contribution is 0.102. The van der Waals surface area contributed by atoms with E-state index in [0.717, 1.165) is 27.4 Å². The van der Waals surface area contributed by atoms with Gasteiger partial charge >= 0.3 is 0 Å². The van der Waals surface area contributed by atoms with Crippen molar-refractivity contribution in [3.63, 3.8) is 0 Å². The predicted octanol–water partition coefficient (Wildman–Crippen LogP) is 5.70. The first-order valence-corrected chi connectivity index (χ1v) is 12.4. The molecular weight excluding hydrogens is 492 g/mol. The quantitative estimate of drug-likeness (QED) is 0.132. The third-order valence-electron chi connectivity index (χ3n) is 5.36. The number of halogens is 1. The minimum atomic E-state index is -0.365. The molecule has 0 saturated carbocycles. The topological polar surface area (TPSA) is 92.4 Å². The Labute approximate surface area is 207 Å². The second-order valence-corrected chi connectivity index (χ2v) is 9.97. The van der Waals surface area contributed by atoms with Gasteiger partial charge in [-0.2, -0.15) is 0 Å². The van der Waals surface area contributed by atoms with E-state index in [9.17, 15) is 19.8 Å². The Kier molecular flexibility index (Phi) is 6.03. The first-order valence-electron chi connectivity index (χ1n) is 10.3. The number of thioether (sulfide) groups is 1. The molecule has 0 spiro atoms. The van der Waals surface area contributed by atoms with Gasteiger partial charge in [-0.3, -0.25) is 14.2 Å². The van der Waals surface area contributed by atoms with Crippen molar-refractivity contribution in [1.29, 1.82) is 0 Å². The molecule has 0 bridgehead atoms. The van der Waals surface area contributed by atoms with Crippen molar-refractivity contribution in [3.8, 4) is 11.5 Å². The summed E-state index contributed by atoms with van der Waals surface area (Å²) in [6.45, 7) is 0.214. The summed E-state index contributed by atoms with van der Waals surface area (Å²) in [6, 6.07) is 18.9. The van der Waals surface area contributed by atoms with E-state index in [1.807, 2.05) is 42.5 Å². The van der Waals surface area contributed by atoms with E-state index in [2.05, 4.69) is 0 Å². The van der Waals surface area contributed by atoms with Crippen LogP contribution in [0.15, 0.2) is 76.7 Å². The Balaban J connectivity index is 1.58. The molecule has 2 heterocycles. The van der Waals surface area contributed by atoms with Crippen molar-refractivity contribution in [1.82, 2.24) is 9.55 Å². The van der Waals surface area contributed by atoms with Crippen LogP contribution in [0.4, 0.5) is 0 Å². The number of aromatic nitrogens is 2. The smallest absolute Gasteiger partial charge is 0.272 e. The van der Waals surface area contributed by atoms with E-state index in [0.29, 0.717) is 20.4 Å². The van der Waals surface area contributed by atoms with Crippen LogP contribution in [-0.4, -0.2) is 31.3 Å². The summed E-state index contributed by atoms with van der Waals surface area (Å²) in [4.78, 5) is 31.1. The molecule has 34 heavy (non-hydrogen) atoms. The van der Waals surface area contributed by atoms with Crippen LogP contribution in [0.1, 0.15) is 15.9 Å². The summed E-state index contributed by atoms with van der Waals surface area (Å²) in [5.74, 6) is -0.939. The molecule has 2 aromatic heterocycles. The van der Waals surface area contributed by atoms with Gasteiger partial charge in [0, 0.05) is 20.7 Å². The van der Waals surface area contributed by atoms with Crippen molar-refractivity contribution in [2.75, 3.05) is 5.75 Å². The van der Waals surface area contributed by atoms with Gasteiger partial charge in [0.1, 0.15) is 4.70 Å². The summed E-state index contributed by atoms with van der Waals surface area (Å²) in [5, 5.41) is 21.1. The number of phenols is 2. The number of ketones is 1. The molecule has 0 aliphatic heterocycles. The van der Waals surface area contributed by atoms with Gasteiger partial charge in [0.15, 0.2) is 22.4 Å². The Morgan fingerprint density at radius 3 is 2.59 bits per heavy atom. The van der Waals surface area contributed by atoms with Gasteiger partial charge < -0.3 is 10.2 Å². The fraction of sp³-hybridized carbons (Fsp3) is 0.0800. The normalized spacial score (nSPS) is 11.3. The van der Waals surface area contributed by atoms with Crippen molar-refractivity contribution in [2.24, 2.45) is 0 Å². The number of carbonyl (C=O) groups is 1. The molecule has 0 radical (unpaired) electrons. The van der Waals surface area contributed by atoms with Crippen LogP contribution in [-0.2, 0) is 6.54 Å². The number of benzene rings is 3. The van der Waals surface area contributed by atoms with Gasteiger partial charge in [-0.05, 0) is 35.9 Å². The first kappa shape index (κ1) is 22.5. The highest BCUT2D eigenvalue weighted by Crippen LogP contribution is 2.33. The number of fused-ring (bicyclic) bond motifs is 3. The van der Waals surface area contributed by atoms with E-state index in [-0.39, 0.29) is 40.7 Å². The number of rotatable bonds is 6. The van der Waals surface area contributed by atoms with Crippen LogP contribution in [0.3, 0.4) is 0 Å². The van der Waals surface area contributed by atoms with Crippen molar-refractivity contribution >= 4 is 60.8 Å². The largest absolute Gasteiger partial charge is 0.504 e. The Bertz CT molecular complexity index is 1630. The Morgan fingerprint density at radius 1 is 1.03 bits per heavy atom. The molecule has 5 rings (SSSR count). The van der Waals surface area contributed by atoms with Gasteiger partial charge in [-0.15, -0.1) is 11.3 Å². The lowest BCUT2D eigenvalue weighted by atomic mass is 10.1. The van der Waals surface area contributed by atoms with E-state index in [4.69, 9.17) is 16.6 Å². The molecule has 0 atom stereocenters. The third-order valence-corrected chi connectivity index (χ3v) is 7.86. The maximum absolute atomic E-state index is 13.6. The van der Waals surface area contributed by atoms with E-state index in [1.165, 1.54) is 29.5 Å². The highest BCUT2D eigenvalue weighted by atomic mass is 35.5. The number of hydrogen-bond acceptors (Lipinski definition) is 7. The molecule has 0 aliphatic carbocycles. The predicted molar refractivity (Wildman–Crippen MR) is 137 cm³/mol. The lowest BCUT2D eigenvalue weighted by Gasteiger charge is -2.13. The zero-order chi connectivity index (χ0) is 23.8. The van der Waals surface area contributed by atoms with Gasteiger partial charge in [-0.1, -0.05) is 59.8 Å². The zero-order valence-electron chi connectivity index (χ0n) is 17.6. The molecule has 2 N–H and O–H groups in total. The molecule has 0 amide bonds. The summed E-state index contributed by atoms with van der Waals surface area (Å²) in [5.41, 5.74) is 1.44. The molecule has 9 heteroatoms. The highest BCUT2D eigenvalue weighted by Gasteiger charge is 2.19.